The Bertz CT molecular complexity index is 426. The average Bonchev–Trinajstić information content (AvgIpc) is 2.80. The van der Waals surface area contributed by atoms with Crippen molar-refractivity contribution in [1.82, 2.24) is 0 Å². The Hall–Kier alpha value is -1.39. The van der Waals surface area contributed by atoms with Crippen LogP contribution in [0.25, 0.3) is 0 Å². The summed E-state index contributed by atoms with van der Waals surface area (Å²) in [6, 6.07) is 7.64. The van der Waals surface area contributed by atoms with Gasteiger partial charge in [0.15, 0.2) is 0 Å². The van der Waals surface area contributed by atoms with Gasteiger partial charge in [-0.15, -0.1) is 0 Å². The fourth-order valence-corrected chi connectivity index (χ4v) is 2.40. The lowest BCUT2D eigenvalue weighted by atomic mass is 9.98. The molecular weight excluding hydrogens is 228 g/mol. The molecule has 0 heterocycles. The molecule has 1 aliphatic carbocycles. The summed E-state index contributed by atoms with van der Waals surface area (Å²) in [5.41, 5.74) is 7.20. The minimum Gasteiger partial charge on any atom is -0.380 e. The lowest BCUT2D eigenvalue weighted by Crippen LogP contribution is -2.48. The minimum atomic E-state index is -0.694. The largest absolute Gasteiger partial charge is 0.380 e. The van der Waals surface area contributed by atoms with Gasteiger partial charge in [0.05, 0.1) is 12.1 Å². The number of benzene rings is 1. The first-order chi connectivity index (χ1) is 8.65. The Balaban J connectivity index is 2.11. The Labute approximate surface area is 108 Å². The maximum Gasteiger partial charge on any atom is 0.244 e. The molecule has 1 aromatic rings. The van der Waals surface area contributed by atoms with Crippen LogP contribution in [0.1, 0.15) is 31.2 Å². The van der Waals surface area contributed by atoms with Gasteiger partial charge in [-0.25, -0.2) is 0 Å². The monoisotopic (exact) mass is 248 g/mol. The third kappa shape index (κ3) is 2.71. The molecule has 0 saturated heterocycles. The van der Waals surface area contributed by atoms with Gasteiger partial charge in [0, 0.05) is 18.4 Å². The lowest BCUT2D eigenvalue weighted by molar-refractivity contribution is -0.121. The van der Waals surface area contributed by atoms with Gasteiger partial charge in [-0.2, -0.15) is 0 Å². The quantitative estimate of drug-likeness (QED) is 0.857. The number of methoxy groups -OCH3 is 1. The number of rotatable bonds is 4. The number of amides is 1. The normalized spacial score (nSPS) is 17.7. The second-order valence-electron chi connectivity index (χ2n) is 4.91. The molecule has 0 aromatic heterocycles. The maximum atomic E-state index is 12.2. The molecule has 4 nitrogen and oxygen atoms in total. The van der Waals surface area contributed by atoms with Crippen molar-refractivity contribution in [2.45, 2.75) is 37.8 Å². The molecule has 0 unspecified atom stereocenters. The molecule has 0 spiro atoms. The summed E-state index contributed by atoms with van der Waals surface area (Å²) in [4.78, 5) is 12.2. The maximum absolute atomic E-state index is 12.2. The number of carbonyl (C=O) groups is 1. The summed E-state index contributed by atoms with van der Waals surface area (Å²) in [6.07, 6.45) is 3.60. The molecule has 1 aliphatic rings. The van der Waals surface area contributed by atoms with Crippen molar-refractivity contribution in [3.63, 3.8) is 0 Å². The van der Waals surface area contributed by atoms with E-state index in [9.17, 15) is 4.79 Å². The first kappa shape index (κ1) is 13.1. The second-order valence-corrected chi connectivity index (χ2v) is 4.91. The zero-order chi connectivity index (χ0) is 13.0. The molecule has 0 bridgehead atoms. The Morgan fingerprint density at radius 3 is 2.72 bits per heavy atom. The van der Waals surface area contributed by atoms with E-state index >= 15 is 0 Å². The van der Waals surface area contributed by atoms with Crippen LogP contribution in [0.3, 0.4) is 0 Å². The van der Waals surface area contributed by atoms with Crippen molar-refractivity contribution < 1.29 is 9.53 Å². The zero-order valence-electron chi connectivity index (χ0n) is 10.7. The Morgan fingerprint density at radius 1 is 1.39 bits per heavy atom. The van der Waals surface area contributed by atoms with Crippen LogP contribution in [0, 0.1) is 0 Å². The molecular formula is C14H20N2O2. The van der Waals surface area contributed by atoms with Crippen molar-refractivity contribution in [3.8, 4) is 0 Å². The third-order valence-electron chi connectivity index (χ3n) is 3.51. The van der Waals surface area contributed by atoms with Crippen LogP contribution in [-0.2, 0) is 16.1 Å². The lowest BCUT2D eigenvalue weighted by Gasteiger charge is -2.23. The second kappa shape index (κ2) is 5.50. The zero-order valence-corrected chi connectivity index (χ0v) is 10.7. The highest BCUT2D eigenvalue weighted by atomic mass is 16.5. The topological polar surface area (TPSA) is 64.3 Å². The van der Waals surface area contributed by atoms with E-state index in [1.54, 1.807) is 7.11 Å². The molecule has 1 saturated carbocycles. The van der Waals surface area contributed by atoms with Gasteiger partial charge < -0.3 is 15.8 Å². The van der Waals surface area contributed by atoms with Crippen molar-refractivity contribution in [3.05, 3.63) is 29.8 Å². The van der Waals surface area contributed by atoms with Gasteiger partial charge >= 0.3 is 0 Å². The SMILES string of the molecule is COCc1ccccc1NC(=O)C1(N)CCCC1. The highest BCUT2D eigenvalue weighted by Crippen LogP contribution is 2.29. The third-order valence-corrected chi connectivity index (χ3v) is 3.51. The molecule has 1 aromatic carbocycles. The van der Waals surface area contributed by atoms with Crippen molar-refractivity contribution in [1.29, 1.82) is 0 Å². The first-order valence-corrected chi connectivity index (χ1v) is 6.33. The number of ether oxygens (including phenoxy) is 1. The van der Waals surface area contributed by atoms with Gasteiger partial charge in [0.1, 0.15) is 0 Å². The van der Waals surface area contributed by atoms with Gasteiger partial charge in [0.25, 0.3) is 0 Å². The minimum absolute atomic E-state index is 0.0800. The van der Waals surface area contributed by atoms with E-state index in [0.29, 0.717) is 6.61 Å². The standard InChI is InChI=1S/C14H20N2O2/c1-18-10-11-6-2-3-7-12(11)16-13(17)14(15)8-4-5-9-14/h2-3,6-7H,4-5,8-10,15H2,1H3,(H,16,17). The molecule has 0 atom stereocenters. The Kier molecular flexibility index (Phi) is 3.99. The number of hydrogen-bond acceptors (Lipinski definition) is 3. The molecule has 0 aliphatic heterocycles. The number of hydrogen-bond donors (Lipinski definition) is 2. The van der Waals surface area contributed by atoms with Gasteiger partial charge in [-0.1, -0.05) is 31.0 Å². The van der Waals surface area contributed by atoms with Gasteiger partial charge in [-0.05, 0) is 18.9 Å². The summed E-state index contributed by atoms with van der Waals surface area (Å²) in [5.74, 6) is -0.0800. The summed E-state index contributed by atoms with van der Waals surface area (Å²) in [6.45, 7) is 0.480. The highest BCUT2D eigenvalue weighted by molar-refractivity contribution is 5.98. The molecule has 4 heteroatoms. The number of para-hydroxylation sites is 1. The van der Waals surface area contributed by atoms with E-state index < -0.39 is 5.54 Å². The fraction of sp³-hybridized carbons (Fsp3) is 0.500. The van der Waals surface area contributed by atoms with E-state index in [4.69, 9.17) is 10.5 Å². The van der Waals surface area contributed by atoms with Crippen LogP contribution < -0.4 is 11.1 Å². The molecule has 3 N–H and O–H groups in total. The van der Waals surface area contributed by atoms with E-state index in [-0.39, 0.29) is 5.91 Å². The average molecular weight is 248 g/mol. The highest BCUT2D eigenvalue weighted by Gasteiger charge is 2.37. The van der Waals surface area contributed by atoms with Crippen LogP contribution in [-0.4, -0.2) is 18.6 Å². The Morgan fingerprint density at radius 2 is 2.06 bits per heavy atom. The van der Waals surface area contributed by atoms with Crippen molar-refractivity contribution in [2.75, 3.05) is 12.4 Å². The smallest absolute Gasteiger partial charge is 0.244 e. The molecule has 0 radical (unpaired) electrons. The van der Waals surface area contributed by atoms with Crippen LogP contribution >= 0.6 is 0 Å². The molecule has 18 heavy (non-hydrogen) atoms. The number of carbonyl (C=O) groups excluding carboxylic acids is 1. The summed E-state index contributed by atoms with van der Waals surface area (Å²) in [7, 11) is 1.64. The number of anilines is 1. The number of nitrogens with two attached hydrogens (primary N) is 1. The predicted octanol–water partition coefficient (Wildman–Crippen LogP) is 2.04. The molecule has 2 rings (SSSR count). The summed E-state index contributed by atoms with van der Waals surface area (Å²) in [5, 5.41) is 2.93. The summed E-state index contributed by atoms with van der Waals surface area (Å²) >= 11 is 0. The van der Waals surface area contributed by atoms with Crippen LogP contribution in [0.15, 0.2) is 24.3 Å². The number of nitrogens with one attached hydrogen (secondary N) is 1. The van der Waals surface area contributed by atoms with Crippen molar-refractivity contribution >= 4 is 11.6 Å². The molecule has 1 fully saturated rings. The van der Waals surface area contributed by atoms with Crippen LogP contribution in [0.2, 0.25) is 0 Å². The summed E-state index contributed by atoms with van der Waals surface area (Å²) < 4.78 is 5.12. The van der Waals surface area contributed by atoms with E-state index in [1.807, 2.05) is 24.3 Å². The van der Waals surface area contributed by atoms with Crippen LogP contribution in [0.5, 0.6) is 0 Å². The van der Waals surface area contributed by atoms with Gasteiger partial charge in [0.2, 0.25) is 5.91 Å². The van der Waals surface area contributed by atoms with Gasteiger partial charge in [-0.3, -0.25) is 4.79 Å². The first-order valence-electron chi connectivity index (χ1n) is 6.33. The molecule has 1 amide bonds. The predicted molar refractivity (Wildman–Crippen MR) is 71.2 cm³/mol. The fourth-order valence-electron chi connectivity index (χ4n) is 2.40. The van der Waals surface area contributed by atoms with Crippen LogP contribution in [0.4, 0.5) is 5.69 Å². The van der Waals surface area contributed by atoms with E-state index in [0.717, 1.165) is 36.9 Å². The van der Waals surface area contributed by atoms with E-state index in [1.165, 1.54) is 0 Å². The van der Waals surface area contributed by atoms with Crippen molar-refractivity contribution in [2.24, 2.45) is 5.73 Å². The molecule has 98 valence electrons. The van der Waals surface area contributed by atoms with E-state index in [2.05, 4.69) is 5.32 Å².